The van der Waals surface area contributed by atoms with Gasteiger partial charge in [0.2, 0.25) is 0 Å². The van der Waals surface area contributed by atoms with Gasteiger partial charge in [0.15, 0.2) is 0 Å². The highest BCUT2D eigenvalue weighted by Crippen LogP contribution is 2.12. The minimum atomic E-state index is -0.886. The van der Waals surface area contributed by atoms with Gasteiger partial charge in [-0.2, -0.15) is 0 Å². The topological polar surface area (TPSA) is 70.0 Å². The molecule has 1 saturated heterocycles. The van der Waals surface area contributed by atoms with Crippen LogP contribution in [0.15, 0.2) is 30.3 Å². The average Bonchev–Trinajstić information content (AvgIpc) is 2.50. The van der Waals surface area contributed by atoms with Crippen LogP contribution in [0.25, 0.3) is 0 Å². The second-order valence-electron chi connectivity index (χ2n) is 4.41. The fourth-order valence-electron chi connectivity index (χ4n) is 1.90. The molecule has 2 rings (SSSR count). The molecule has 1 amide bonds. The maximum absolute atomic E-state index is 11.7. The second kappa shape index (κ2) is 8.55. The molecule has 0 bridgehead atoms. The zero-order chi connectivity index (χ0) is 15.0. The monoisotopic (exact) mass is 281 g/mol. The van der Waals surface area contributed by atoms with Crippen molar-refractivity contribution in [3.8, 4) is 0 Å². The molecule has 1 heterocycles. The van der Waals surface area contributed by atoms with Gasteiger partial charge in [0.25, 0.3) is 0 Å². The van der Waals surface area contributed by atoms with Gasteiger partial charge in [-0.1, -0.05) is 44.2 Å². The highest BCUT2D eigenvalue weighted by Gasteiger charge is 2.29. The van der Waals surface area contributed by atoms with Gasteiger partial charge in [-0.25, -0.2) is 4.79 Å². The molecule has 5 nitrogen and oxygen atoms in total. The van der Waals surface area contributed by atoms with E-state index in [9.17, 15) is 15.0 Å². The molecule has 1 aromatic rings. The molecule has 0 aliphatic carbocycles. The van der Waals surface area contributed by atoms with Crippen LogP contribution in [0.4, 0.5) is 4.79 Å². The van der Waals surface area contributed by atoms with Crippen molar-refractivity contribution in [3.05, 3.63) is 35.9 Å². The van der Waals surface area contributed by atoms with Gasteiger partial charge in [0, 0.05) is 6.54 Å². The number of hydrogen-bond donors (Lipinski definition) is 2. The van der Waals surface area contributed by atoms with Crippen LogP contribution in [0.1, 0.15) is 25.8 Å². The smallest absolute Gasteiger partial charge is 0.410 e. The van der Waals surface area contributed by atoms with Gasteiger partial charge < -0.3 is 19.8 Å². The first-order chi connectivity index (χ1) is 9.66. The first-order valence-corrected chi connectivity index (χ1v) is 6.98. The second-order valence-corrected chi connectivity index (χ2v) is 4.41. The summed E-state index contributed by atoms with van der Waals surface area (Å²) in [5.74, 6) is 0. The summed E-state index contributed by atoms with van der Waals surface area (Å²) in [4.78, 5) is 13.2. The summed E-state index contributed by atoms with van der Waals surface area (Å²) in [6.07, 6.45) is -1.71. The number of β-amino-alcohol motifs (C(OH)–C–C–N with tert-alkyl or cyclic N) is 1. The fourth-order valence-corrected chi connectivity index (χ4v) is 1.90. The van der Waals surface area contributed by atoms with Crippen LogP contribution in [0, 0.1) is 0 Å². The molecule has 0 spiro atoms. The SMILES string of the molecule is CC.O=C(OCc1ccccc1)N1CCC(O)C(O)C1. The van der Waals surface area contributed by atoms with Crippen LogP contribution in [0.2, 0.25) is 0 Å². The first-order valence-electron chi connectivity index (χ1n) is 6.98. The Hall–Kier alpha value is -1.59. The Morgan fingerprint density at radius 2 is 1.90 bits per heavy atom. The number of carbonyl (C=O) groups excluding carboxylic acids is 1. The lowest BCUT2D eigenvalue weighted by Gasteiger charge is -2.32. The minimum Gasteiger partial charge on any atom is -0.445 e. The van der Waals surface area contributed by atoms with Crippen LogP contribution in [0.3, 0.4) is 0 Å². The van der Waals surface area contributed by atoms with Crippen molar-refractivity contribution in [1.29, 1.82) is 0 Å². The summed E-state index contributed by atoms with van der Waals surface area (Å²) in [5.41, 5.74) is 0.920. The van der Waals surface area contributed by atoms with E-state index in [4.69, 9.17) is 4.74 Å². The summed E-state index contributed by atoms with van der Waals surface area (Å²) in [7, 11) is 0. The highest BCUT2D eigenvalue weighted by molar-refractivity contribution is 5.67. The number of aliphatic hydroxyl groups is 2. The molecular formula is C15H23NO4. The molecule has 1 fully saturated rings. The number of hydrogen-bond acceptors (Lipinski definition) is 4. The van der Waals surface area contributed by atoms with Gasteiger partial charge in [-0.3, -0.25) is 0 Å². The van der Waals surface area contributed by atoms with E-state index >= 15 is 0 Å². The van der Waals surface area contributed by atoms with Gasteiger partial charge >= 0.3 is 6.09 Å². The van der Waals surface area contributed by atoms with Crippen LogP contribution in [0.5, 0.6) is 0 Å². The molecule has 0 radical (unpaired) electrons. The Morgan fingerprint density at radius 3 is 2.50 bits per heavy atom. The van der Waals surface area contributed by atoms with Crippen LogP contribution < -0.4 is 0 Å². The predicted octanol–water partition coefficient (Wildman–Crippen LogP) is 1.78. The molecule has 2 unspecified atom stereocenters. The normalized spacial score (nSPS) is 21.7. The van der Waals surface area contributed by atoms with Crippen LogP contribution in [-0.4, -0.2) is 46.5 Å². The van der Waals surface area contributed by atoms with Crippen molar-refractivity contribution in [3.63, 3.8) is 0 Å². The van der Waals surface area contributed by atoms with E-state index in [2.05, 4.69) is 0 Å². The molecule has 2 atom stereocenters. The quantitative estimate of drug-likeness (QED) is 0.867. The lowest BCUT2D eigenvalue weighted by Crippen LogP contribution is -2.49. The minimum absolute atomic E-state index is 0.120. The number of carbonyl (C=O) groups is 1. The molecule has 2 N–H and O–H groups in total. The maximum Gasteiger partial charge on any atom is 0.410 e. The van der Waals surface area contributed by atoms with Crippen LogP contribution in [-0.2, 0) is 11.3 Å². The van der Waals surface area contributed by atoms with Crippen molar-refractivity contribution in [2.45, 2.75) is 39.1 Å². The zero-order valence-electron chi connectivity index (χ0n) is 12.0. The number of amides is 1. The lowest BCUT2D eigenvalue weighted by atomic mass is 10.1. The van der Waals surface area contributed by atoms with Crippen molar-refractivity contribution in [2.75, 3.05) is 13.1 Å². The van der Waals surface area contributed by atoms with Crippen molar-refractivity contribution >= 4 is 6.09 Å². The summed E-state index contributed by atoms with van der Waals surface area (Å²) in [6.45, 7) is 4.75. The summed E-state index contributed by atoms with van der Waals surface area (Å²) >= 11 is 0. The third-order valence-corrected chi connectivity index (χ3v) is 3.01. The van der Waals surface area contributed by atoms with Gasteiger partial charge in [-0.15, -0.1) is 0 Å². The van der Waals surface area contributed by atoms with E-state index in [1.807, 2.05) is 44.2 Å². The number of likely N-dealkylation sites (tertiary alicyclic amines) is 1. The van der Waals surface area contributed by atoms with E-state index in [1.54, 1.807) is 0 Å². The highest BCUT2D eigenvalue weighted by atomic mass is 16.6. The number of ether oxygens (including phenoxy) is 1. The average molecular weight is 281 g/mol. The zero-order valence-corrected chi connectivity index (χ0v) is 12.0. The van der Waals surface area contributed by atoms with Crippen molar-refractivity contribution < 1.29 is 19.7 Å². The van der Waals surface area contributed by atoms with E-state index < -0.39 is 18.3 Å². The largest absolute Gasteiger partial charge is 0.445 e. The van der Waals surface area contributed by atoms with E-state index in [0.29, 0.717) is 13.0 Å². The first kappa shape index (κ1) is 16.5. The molecule has 1 aromatic carbocycles. The Labute approximate surface area is 119 Å². The molecule has 5 heteroatoms. The van der Waals surface area contributed by atoms with Crippen LogP contribution >= 0.6 is 0 Å². The molecule has 0 saturated carbocycles. The number of aliphatic hydroxyl groups excluding tert-OH is 2. The van der Waals surface area contributed by atoms with E-state index in [0.717, 1.165) is 5.56 Å². The molecular weight excluding hydrogens is 258 g/mol. The molecule has 1 aliphatic heterocycles. The van der Waals surface area contributed by atoms with Gasteiger partial charge in [-0.05, 0) is 12.0 Å². The van der Waals surface area contributed by atoms with Crippen molar-refractivity contribution in [2.24, 2.45) is 0 Å². The van der Waals surface area contributed by atoms with E-state index in [1.165, 1.54) is 4.90 Å². The number of piperidine rings is 1. The standard InChI is InChI=1S/C13H17NO4.C2H6/c15-11-6-7-14(8-12(11)16)13(17)18-9-10-4-2-1-3-5-10;1-2/h1-5,11-12,15-16H,6-9H2;1-2H3. The molecule has 1 aliphatic rings. The number of rotatable bonds is 2. The number of benzene rings is 1. The molecule has 112 valence electrons. The Kier molecular flexibility index (Phi) is 7.04. The summed E-state index contributed by atoms with van der Waals surface area (Å²) in [6, 6.07) is 9.41. The third-order valence-electron chi connectivity index (χ3n) is 3.01. The van der Waals surface area contributed by atoms with E-state index in [-0.39, 0.29) is 13.2 Å². The van der Waals surface area contributed by atoms with Gasteiger partial charge in [0.05, 0.1) is 18.8 Å². The summed E-state index contributed by atoms with van der Waals surface area (Å²) in [5, 5.41) is 18.8. The maximum atomic E-state index is 11.7. The van der Waals surface area contributed by atoms with Gasteiger partial charge in [0.1, 0.15) is 6.61 Å². The Balaban J connectivity index is 0.000000956. The summed E-state index contributed by atoms with van der Waals surface area (Å²) < 4.78 is 5.15. The predicted molar refractivity (Wildman–Crippen MR) is 76.2 cm³/mol. The lowest BCUT2D eigenvalue weighted by molar-refractivity contribution is -0.0371. The Bertz CT molecular complexity index is 396. The molecule has 20 heavy (non-hydrogen) atoms. The fraction of sp³-hybridized carbons (Fsp3) is 0.533. The number of nitrogens with zero attached hydrogens (tertiary/aromatic N) is 1. The third kappa shape index (κ3) is 4.83. The van der Waals surface area contributed by atoms with Crippen molar-refractivity contribution in [1.82, 2.24) is 4.90 Å². The Morgan fingerprint density at radius 1 is 1.25 bits per heavy atom. The molecule has 0 aromatic heterocycles.